The second-order valence-electron chi connectivity index (χ2n) is 6.00. The lowest BCUT2D eigenvalue weighted by Gasteiger charge is -2.07. The Kier molecular flexibility index (Phi) is 4.76. The quantitative estimate of drug-likeness (QED) is 0.475. The predicted molar refractivity (Wildman–Crippen MR) is 103 cm³/mol. The molecule has 0 unspecified atom stereocenters. The van der Waals surface area contributed by atoms with E-state index in [1.54, 1.807) is 11.3 Å². The Balaban J connectivity index is 2.27. The Morgan fingerprint density at radius 1 is 0.917 bits per heavy atom. The van der Waals surface area contributed by atoms with Crippen LogP contribution in [-0.2, 0) is 7.05 Å². The Labute approximate surface area is 146 Å². The number of aromatic nitrogens is 1. The van der Waals surface area contributed by atoms with Crippen LogP contribution >= 0.6 is 11.3 Å². The summed E-state index contributed by atoms with van der Waals surface area (Å²) in [7, 11) is 2.05. The van der Waals surface area contributed by atoms with Gasteiger partial charge in [0.2, 0.25) is 4.80 Å². The van der Waals surface area contributed by atoms with Gasteiger partial charge in [-0.25, -0.2) is 0 Å². The molecule has 122 valence electrons. The van der Waals surface area contributed by atoms with Gasteiger partial charge in [-0.15, -0.1) is 5.10 Å². The molecule has 1 aromatic heterocycles. The maximum atomic E-state index is 4.42. The van der Waals surface area contributed by atoms with Crippen molar-refractivity contribution in [2.45, 2.75) is 20.8 Å². The summed E-state index contributed by atoms with van der Waals surface area (Å²) in [5.74, 6) is 0. The highest BCUT2D eigenvalue weighted by Crippen LogP contribution is 2.34. The van der Waals surface area contributed by atoms with E-state index < -0.39 is 0 Å². The van der Waals surface area contributed by atoms with E-state index in [9.17, 15) is 0 Å². The maximum Gasteiger partial charge on any atom is 0.211 e. The van der Waals surface area contributed by atoms with Gasteiger partial charge in [-0.05, 0) is 31.9 Å². The summed E-state index contributed by atoms with van der Waals surface area (Å²) in [6.07, 6.45) is 0. The number of hydrogen-bond donors (Lipinski definition) is 0. The normalized spacial score (nSPS) is 11.6. The molecule has 0 amide bonds. The minimum absolute atomic E-state index is 0.894. The molecule has 3 nitrogen and oxygen atoms in total. The fraction of sp³-hybridized carbons (Fsp3) is 0.200. The average Bonchev–Trinajstić information content (AvgIpc) is 2.91. The van der Waals surface area contributed by atoms with Gasteiger partial charge in [0.15, 0.2) is 0 Å². The Hall–Kier alpha value is -2.46. The summed E-state index contributed by atoms with van der Waals surface area (Å²) < 4.78 is 2.13. The maximum absolute atomic E-state index is 4.42. The average molecular weight is 335 g/mol. The molecule has 0 aliphatic heterocycles. The molecule has 0 N–H and O–H groups in total. The Bertz CT molecular complexity index is 925. The van der Waals surface area contributed by atoms with Crippen molar-refractivity contribution in [2.75, 3.05) is 0 Å². The lowest BCUT2D eigenvalue weighted by molar-refractivity contribution is 0.863. The third kappa shape index (κ3) is 3.39. The standard InChI is InChI=1S/C20H21N3S/c1-14(2)21-22-20-23(4)18(16-12-10-15(3)11-13-16)19(24-20)17-8-6-5-7-9-17/h5-13H,1-4H3. The van der Waals surface area contributed by atoms with Crippen LogP contribution in [0.25, 0.3) is 21.7 Å². The van der Waals surface area contributed by atoms with Crippen LogP contribution in [0.5, 0.6) is 0 Å². The molecule has 3 rings (SSSR count). The number of nitrogens with zero attached hydrogens (tertiary/aromatic N) is 3. The van der Waals surface area contributed by atoms with E-state index in [0.717, 1.165) is 10.5 Å². The molecular weight excluding hydrogens is 314 g/mol. The second kappa shape index (κ2) is 6.97. The zero-order valence-corrected chi connectivity index (χ0v) is 15.3. The number of thiazole rings is 1. The molecule has 0 saturated heterocycles. The molecule has 0 aliphatic rings. The van der Waals surface area contributed by atoms with E-state index in [0.29, 0.717) is 0 Å². The lowest BCUT2D eigenvalue weighted by Crippen LogP contribution is -2.11. The molecule has 2 aromatic carbocycles. The SMILES string of the molecule is CC(C)=NN=c1sc(-c2ccccc2)c(-c2ccc(C)cc2)n1C. The van der Waals surface area contributed by atoms with Crippen molar-refractivity contribution in [1.29, 1.82) is 0 Å². The Morgan fingerprint density at radius 3 is 2.21 bits per heavy atom. The van der Waals surface area contributed by atoms with Gasteiger partial charge in [0, 0.05) is 12.8 Å². The van der Waals surface area contributed by atoms with Crippen LogP contribution in [-0.4, -0.2) is 10.3 Å². The zero-order chi connectivity index (χ0) is 17.1. The highest BCUT2D eigenvalue weighted by Gasteiger charge is 2.15. The molecule has 0 aliphatic carbocycles. The fourth-order valence-corrected chi connectivity index (χ4v) is 3.61. The molecule has 0 radical (unpaired) electrons. The van der Waals surface area contributed by atoms with E-state index in [-0.39, 0.29) is 0 Å². The van der Waals surface area contributed by atoms with Gasteiger partial charge in [-0.3, -0.25) is 0 Å². The van der Waals surface area contributed by atoms with Crippen molar-refractivity contribution < 1.29 is 0 Å². The van der Waals surface area contributed by atoms with Crippen LogP contribution in [0.15, 0.2) is 64.8 Å². The fourth-order valence-electron chi connectivity index (χ4n) is 2.51. The summed E-state index contributed by atoms with van der Waals surface area (Å²) in [6.45, 7) is 6.02. The second-order valence-corrected chi connectivity index (χ2v) is 6.98. The van der Waals surface area contributed by atoms with Gasteiger partial charge in [0.05, 0.1) is 10.6 Å². The van der Waals surface area contributed by atoms with Gasteiger partial charge in [-0.1, -0.05) is 71.5 Å². The first-order valence-electron chi connectivity index (χ1n) is 7.93. The van der Waals surface area contributed by atoms with Gasteiger partial charge < -0.3 is 4.57 Å². The summed E-state index contributed by atoms with van der Waals surface area (Å²) in [6, 6.07) is 19.1. The van der Waals surface area contributed by atoms with Gasteiger partial charge in [-0.2, -0.15) is 5.10 Å². The minimum atomic E-state index is 0.894. The first-order valence-corrected chi connectivity index (χ1v) is 8.75. The van der Waals surface area contributed by atoms with E-state index in [1.165, 1.54) is 27.3 Å². The molecule has 24 heavy (non-hydrogen) atoms. The molecule has 3 aromatic rings. The summed E-state index contributed by atoms with van der Waals surface area (Å²) in [5.41, 5.74) is 5.77. The molecular formula is C20H21N3S. The van der Waals surface area contributed by atoms with Crippen molar-refractivity contribution in [3.05, 3.63) is 65.0 Å². The van der Waals surface area contributed by atoms with Crippen molar-refractivity contribution in [1.82, 2.24) is 4.57 Å². The number of benzene rings is 2. The zero-order valence-electron chi connectivity index (χ0n) is 14.4. The molecule has 0 saturated carbocycles. The Morgan fingerprint density at radius 2 is 1.58 bits per heavy atom. The first kappa shape index (κ1) is 16.4. The minimum Gasteiger partial charge on any atom is -0.318 e. The van der Waals surface area contributed by atoms with Crippen LogP contribution in [0.4, 0.5) is 0 Å². The lowest BCUT2D eigenvalue weighted by atomic mass is 10.1. The molecule has 4 heteroatoms. The monoisotopic (exact) mass is 335 g/mol. The van der Waals surface area contributed by atoms with Crippen LogP contribution in [0.1, 0.15) is 19.4 Å². The highest BCUT2D eigenvalue weighted by atomic mass is 32.1. The van der Waals surface area contributed by atoms with Crippen molar-refractivity contribution in [2.24, 2.45) is 17.3 Å². The number of aryl methyl sites for hydroxylation is 1. The van der Waals surface area contributed by atoms with Gasteiger partial charge >= 0.3 is 0 Å². The third-order valence-electron chi connectivity index (χ3n) is 3.73. The van der Waals surface area contributed by atoms with Crippen molar-refractivity contribution in [3.63, 3.8) is 0 Å². The first-order chi connectivity index (χ1) is 11.6. The van der Waals surface area contributed by atoms with Crippen LogP contribution in [0.3, 0.4) is 0 Å². The van der Waals surface area contributed by atoms with E-state index in [1.807, 2.05) is 19.9 Å². The topological polar surface area (TPSA) is 29.6 Å². The molecule has 0 atom stereocenters. The van der Waals surface area contributed by atoms with Crippen LogP contribution < -0.4 is 4.80 Å². The smallest absolute Gasteiger partial charge is 0.211 e. The van der Waals surface area contributed by atoms with Crippen molar-refractivity contribution >= 4 is 17.0 Å². The number of rotatable bonds is 3. The highest BCUT2D eigenvalue weighted by molar-refractivity contribution is 7.13. The molecule has 0 fully saturated rings. The molecule has 1 heterocycles. The summed E-state index contributed by atoms with van der Waals surface area (Å²) in [5, 5.41) is 8.67. The third-order valence-corrected chi connectivity index (χ3v) is 4.90. The molecule has 0 spiro atoms. The summed E-state index contributed by atoms with van der Waals surface area (Å²) >= 11 is 1.67. The van der Waals surface area contributed by atoms with Crippen molar-refractivity contribution in [3.8, 4) is 21.7 Å². The van der Waals surface area contributed by atoms with Gasteiger partial charge in [0.25, 0.3) is 0 Å². The van der Waals surface area contributed by atoms with Crippen LogP contribution in [0.2, 0.25) is 0 Å². The van der Waals surface area contributed by atoms with Gasteiger partial charge in [0.1, 0.15) is 0 Å². The van der Waals surface area contributed by atoms with Crippen LogP contribution in [0, 0.1) is 6.92 Å². The predicted octanol–water partition coefficient (Wildman–Crippen LogP) is 5.03. The van der Waals surface area contributed by atoms with E-state index in [2.05, 4.69) is 77.3 Å². The molecule has 0 bridgehead atoms. The summed E-state index contributed by atoms with van der Waals surface area (Å²) in [4.78, 5) is 2.11. The number of hydrogen-bond acceptors (Lipinski definition) is 3. The van der Waals surface area contributed by atoms with E-state index >= 15 is 0 Å². The van der Waals surface area contributed by atoms with E-state index in [4.69, 9.17) is 0 Å². The largest absolute Gasteiger partial charge is 0.318 e.